The highest BCUT2D eigenvalue weighted by atomic mass is 15.1. The Hall–Kier alpha value is -0.120. The minimum Gasteiger partial charge on any atom is -0.329 e. The van der Waals surface area contributed by atoms with Gasteiger partial charge in [0.25, 0.3) is 0 Å². The molecule has 0 heterocycles. The molecule has 0 aliphatic rings. The zero-order valence-electron chi connectivity index (χ0n) is 11.0. The van der Waals surface area contributed by atoms with E-state index in [1.54, 1.807) is 0 Å². The van der Waals surface area contributed by atoms with E-state index in [2.05, 4.69) is 38.2 Å². The molecular weight excluding hydrogens is 186 g/mol. The van der Waals surface area contributed by atoms with E-state index in [4.69, 9.17) is 5.73 Å². The van der Waals surface area contributed by atoms with Gasteiger partial charge in [0.1, 0.15) is 0 Å². The van der Waals surface area contributed by atoms with Gasteiger partial charge in [0, 0.05) is 25.2 Å². The number of hydrogen-bond acceptors (Lipinski definition) is 3. The Balaban J connectivity index is 3.99. The van der Waals surface area contributed by atoms with E-state index in [-0.39, 0.29) is 5.54 Å². The Labute approximate surface area is 95.4 Å². The lowest BCUT2D eigenvalue weighted by Gasteiger charge is -2.33. The molecule has 92 valence electrons. The van der Waals surface area contributed by atoms with Gasteiger partial charge in [-0.1, -0.05) is 26.7 Å². The molecule has 3 heteroatoms. The van der Waals surface area contributed by atoms with Crippen LogP contribution in [0.2, 0.25) is 0 Å². The molecule has 15 heavy (non-hydrogen) atoms. The first-order valence-electron chi connectivity index (χ1n) is 6.20. The maximum absolute atomic E-state index is 5.90. The van der Waals surface area contributed by atoms with E-state index in [0.29, 0.717) is 0 Å². The van der Waals surface area contributed by atoms with Gasteiger partial charge in [0.05, 0.1) is 0 Å². The van der Waals surface area contributed by atoms with E-state index >= 15 is 0 Å². The summed E-state index contributed by atoms with van der Waals surface area (Å²) < 4.78 is 0. The first kappa shape index (κ1) is 14.9. The van der Waals surface area contributed by atoms with E-state index in [1.165, 1.54) is 19.3 Å². The lowest BCUT2D eigenvalue weighted by Crippen LogP contribution is -2.52. The Morgan fingerprint density at radius 1 is 1.27 bits per heavy atom. The van der Waals surface area contributed by atoms with Gasteiger partial charge in [-0.3, -0.25) is 0 Å². The monoisotopic (exact) mass is 215 g/mol. The molecule has 0 aliphatic carbocycles. The average molecular weight is 215 g/mol. The van der Waals surface area contributed by atoms with Gasteiger partial charge in [-0.05, 0) is 26.9 Å². The molecule has 0 spiro atoms. The highest BCUT2D eigenvalue weighted by Gasteiger charge is 2.24. The Morgan fingerprint density at radius 2 is 1.93 bits per heavy atom. The summed E-state index contributed by atoms with van der Waals surface area (Å²) in [5, 5.41) is 3.63. The van der Waals surface area contributed by atoms with Gasteiger partial charge in [-0.2, -0.15) is 0 Å². The molecule has 0 radical (unpaired) electrons. The smallest absolute Gasteiger partial charge is 0.0301 e. The van der Waals surface area contributed by atoms with Crippen LogP contribution in [0.4, 0.5) is 0 Å². The number of nitrogens with zero attached hydrogens (tertiary/aromatic N) is 1. The minimum atomic E-state index is 0.173. The molecule has 0 rings (SSSR count). The van der Waals surface area contributed by atoms with Crippen molar-refractivity contribution in [2.75, 3.05) is 33.7 Å². The first-order chi connectivity index (χ1) is 7.10. The number of likely N-dealkylation sites (N-methyl/N-ethyl adjacent to an activating group) is 1. The van der Waals surface area contributed by atoms with Crippen molar-refractivity contribution in [1.29, 1.82) is 0 Å². The fourth-order valence-corrected chi connectivity index (χ4v) is 1.77. The Kier molecular flexibility index (Phi) is 8.02. The largest absolute Gasteiger partial charge is 0.329 e. The lowest BCUT2D eigenvalue weighted by molar-refractivity contribution is 0.274. The van der Waals surface area contributed by atoms with E-state index in [9.17, 15) is 0 Å². The summed E-state index contributed by atoms with van der Waals surface area (Å²) in [6.45, 7) is 7.31. The van der Waals surface area contributed by atoms with Crippen molar-refractivity contribution in [1.82, 2.24) is 10.2 Å². The second kappa shape index (κ2) is 8.08. The lowest BCUT2D eigenvalue weighted by atomic mass is 9.90. The van der Waals surface area contributed by atoms with Crippen molar-refractivity contribution in [2.24, 2.45) is 5.73 Å². The highest BCUT2D eigenvalue weighted by molar-refractivity contribution is 4.87. The van der Waals surface area contributed by atoms with Crippen molar-refractivity contribution in [3.8, 4) is 0 Å². The molecule has 0 bridgehead atoms. The predicted molar refractivity (Wildman–Crippen MR) is 68.2 cm³/mol. The molecule has 0 aromatic heterocycles. The third-order valence-corrected chi connectivity index (χ3v) is 3.14. The van der Waals surface area contributed by atoms with Crippen LogP contribution in [0.25, 0.3) is 0 Å². The van der Waals surface area contributed by atoms with Crippen molar-refractivity contribution in [3.05, 3.63) is 0 Å². The fraction of sp³-hybridized carbons (Fsp3) is 1.00. The van der Waals surface area contributed by atoms with Crippen LogP contribution in [0, 0.1) is 0 Å². The summed E-state index contributed by atoms with van der Waals surface area (Å²) in [6.07, 6.45) is 4.83. The molecule has 0 fully saturated rings. The van der Waals surface area contributed by atoms with Crippen LogP contribution in [0.15, 0.2) is 0 Å². The molecule has 3 N–H and O–H groups in total. The van der Waals surface area contributed by atoms with Crippen LogP contribution >= 0.6 is 0 Å². The molecule has 3 nitrogen and oxygen atoms in total. The van der Waals surface area contributed by atoms with Crippen LogP contribution < -0.4 is 11.1 Å². The molecule has 0 amide bonds. The zero-order chi connectivity index (χ0) is 11.7. The SMILES string of the molecule is CCCCC(CC)(CN)NCCN(C)C. The van der Waals surface area contributed by atoms with Crippen LogP contribution in [-0.4, -0.2) is 44.2 Å². The van der Waals surface area contributed by atoms with E-state index in [0.717, 1.165) is 26.1 Å². The maximum atomic E-state index is 5.90. The molecule has 0 aromatic rings. The van der Waals surface area contributed by atoms with Crippen LogP contribution in [0.3, 0.4) is 0 Å². The molecule has 1 atom stereocenters. The highest BCUT2D eigenvalue weighted by Crippen LogP contribution is 2.16. The van der Waals surface area contributed by atoms with Crippen LogP contribution in [-0.2, 0) is 0 Å². The van der Waals surface area contributed by atoms with Gasteiger partial charge in [-0.15, -0.1) is 0 Å². The summed E-state index contributed by atoms with van der Waals surface area (Å²) in [7, 11) is 4.20. The zero-order valence-corrected chi connectivity index (χ0v) is 11.0. The normalized spacial score (nSPS) is 15.6. The molecule has 0 saturated heterocycles. The van der Waals surface area contributed by atoms with Gasteiger partial charge in [0.2, 0.25) is 0 Å². The summed E-state index contributed by atoms with van der Waals surface area (Å²) in [6, 6.07) is 0. The third-order valence-electron chi connectivity index (χ3n) is 3.14. The van der Waals surface area contributed by atoms with E-state index < -0.39 is 0 Å². The Bertz CT molecular complexity index is 142. The number of hydrogen-bond donors (Lipinski definition) is 2. The van der Waals surface area contributed by atoms with E-state index in [1.807, 2.05) is 0 Å². The number of rotatable bonds is 9. The number of nitrogens with one attached hydrogen (secondary N) is 1. The molecule has 0 aromatic carbocycles. The average Bonchev–Trinajstić information content (AvgIpc) is 2.23. The second-order valence-corrected chi connectivity index (χ2v) is 4.67. The van der Waals surface area contributed by atoms with Crippen molar-refractivity contribution in [2.45, 2.75) is 45.1 Å². The van der Waals surface area contributed by atoms with Gasteiger partial charge < -0.3 is 16.0 Å². The van der Waals surface area contributed by atoms with Gasteiger partial charge >= 0.3 is 0 Å². The fourth-order valence-electron chi connectivity index (χ4n) is 1.77. The van der Waals surface area contributed by atoms with Crippen LogP contribution in [0.1, 0.15) is 39.5 Å². The Morgan fingerprint density at radius 3 is 2.33 bits per heavy atom. The third kappa shape index (κ3) is 6.13. The minimum absolute atomic E-state index is 0.173. The molecule has 0 aliphatic heterocycles. The molecular formula is C12H29N3. The van der Waals surface area contributed by atoms with Gasteiger partial charge in [0.15, 0.2) is 0 Å². The quantitative estimate of drug-likeness (QED) is 0.611. The first-order valence-corrected chi connectivity index (χ1v) is 6.20. The summed E-state index contributed by atoms with van der Waals surface area (Å²) in [5.41, 5.74) is 6.07. The maximum Gasteiger partial charge on any atom is 0.0301 e. The second-order valence-electron chi connectivity index (χ2n) is 4.67. The van der Waals surface area contributed by atoms with Crippen molar-refractivity contribution in [3.63, 3.8) is 0 Å². The number of nitrogens with two attached hydrogens (primary N) is 1. The predicted octanol–water partition coefficient (Wildman–Crippen LogP) is 1.44. The van der Waals surface area contributed by atoms with Gasteiger partial charge in [-0.25, -0.2) is 0 Å². The topological polar surface area (TPSA) is 41.3 Å². The molecule has 1 unspecified atom stereocenters. The number of unbranched alkanes of at least 4 members (excludes halogenated alkanes) is 1. The summed E-state index contributed by atoms with van der Waals surface area (Å²) in [4.78, 5) is 2.20. The summed E-state index contributed by atoms with van der Waals surface area (Å²) >= 11 is 0. The standard InChI is InChI=1S/C12H29N3/c1-5-7-8-12(6-2,11-13)14-9-10-15(3)4/h14H,5-11,13H2,1-4H3. The van der Waals surface area contributed by atoms with Crippen molar-refractivity contribution < 1.29 is 0 Å². The summed E-state index contributed by atoms with van der Waals surface area (Å²) in [5.74, 6) is 0. The van der Waals surface area contributed by atoms with Crippen molar-refractivity contribution >= 4 is 0 Å². The van der Waals surface area contributed by atoms with Crippen LogP contribution in [0.5, 0.6) is 0 Å². The molecule has 0 saturated carbocycles.